The minimum Gasteiger partial charge on any atom is -0.480 e. The third kappa shape index (κ3) is 2.52. The lowest BCUT2D eigenvalue weighted by Crippen LogP contribution is -2.16. The SMILES string of the molecule is COc1nscc1CC(C)(C)C=O. The van der Waals surface area contributed by atoms with Gasteiger partial charge in [-0.3, -0.25) is 0 Å². The Morgan fingerprint density at radius 3 is 2.92 bits per heavy atom. The van der Waals surface area contributed by atoms with Crippen molar-refractivity contribution in [2.45, 2.75) is 20.3 Å². The van der Waals surface area contributed by atoms with Crippen molar-refractivity contribution in [3.63, 3.8) is 0 Å². The smallest absolute Gasteiger partial charge is 0.228 e. The Hall–Kier alpha value is -0.900. The van der Waals surface area contributed by atoms with Gasteiger partial charge >= 0.3 is 0 Å². The largest absolute Gasteiger partial charge is 0.480 e. The van der Waals surface area contributed by atoms with Crippen LogP contribution in [-0.4, -0.2) is 17.8 Å². The van der Waals surface area contributed by atoms with Crippen LogP contribution in [0.2, 0.25) is 0 Å². The van der Waals surface area contributed by atoms with Gasteiger partial charge in [0.2, 0.25) is 5.88 Å². The van der Waals surface area contributed by atoms with Gasteiger partial charge in [0.15, 0.2) is 0 Å². The zero-order chi connectivity index (χ0) is 9.90. The van der Waals surface area contributed by atoms with Crippen molar-refractivity contribution in [2.24, 2.45) is 5.41 Å². The van der Waals surface area contributed by atoms with E-state index in [0.29, 0.717) is 12.3 Å². The predicted molar refractivity (Wildman–Crippen MR) is 52.2 cm³/mol. The van der Waals surface area contributed by atoms with Crippen molar-refractivity contribution < 1.29 is 9.53 Å². The van der Waals surface area contributed by atoms with Crippen molar-refractivity contribution in [2.75, 3.05) is 7.11 Å². The molecule has 0 radical (unpaired) electrons. The number of aromatic nitrogens is 1. The summed E-state index contributed by atoms with van der Waals surface area (Å²) in [5, 5.41) is 1.92. The average molecular weight is 199 g/mol. The summed E-state index contributed by atoms with van der Waals surface area (Å²) in [4.78, 5) is 10.7. The summed E-state index contributed by atoms with van der Waals surface area (Å²) in [6, 6.07) is 0. The molecule has 0 saturated heterocycles. The number of aldehydes is 1. The Morgan fingerprint density at radius 1 is 1.69 bits per heavy atom. The molecule has 0 aliphatic rings. The molecule has 0 unspecified atom stereocenters. The molecule has 0 aromatic carbocycles. The summed E-state index contributed by atoms with van der Waals surface area (Å²) in [5.74, 6) is 0.639. The van der Waals surface area contributed by atoms with Crippen molar-refractivity contribution in [3.05, 3.63) is 10.9 Å². The van der Waals surface area contributed by atoms with E-state index in [-0.39, 0.29) is 5.41 Å². The maximum Gasteiger partial charge on any atom is 0.228 e. The first-order valence-electron chi connectivity index (χ1n) is 4.02. The maximum atomic E-state index is 10.7. The maximum absolute atomic E-state index is 10.7. The third-order valence-electron chi connectivity index (χ3n) is 1.76. The lowest BCUT2D eigenvalue weighted by Gasteiger charge is -2.15. The molecule has 0 saturated carbocycles. The van der Waals surface area contributed by atoms with Crippen molar-refractivity contribution in [3.8, 4) is 5.88 Å². The molecule has 0 aliphatic heterocycles. The summed E-state index contributed by atoms with van der Waals surface area (Å²) in [6.45, 7) is 3.80. The van der Waals surface area contributed by atoms with Crippen LogP contribution >= 0.6 is 11.5 Å². The standard InChI is InChI=1S/C9H13NO2S/c1-9(2,6-11)4-7-5-13-10-8(7)12-3/h5-6H,4H2,1-3H3. The molecule has 0 aliphatic carbocycles. The number of hydrogen-bond donors (Lipinski definition) is 0. The molecule has 1 aromatic heterocycles. The molecule has 72 valence electrons. The summed E-state index contributed by atoms with van der Waals surface area (Å²) in [7, 11) is 1.59. The zero-order valence-corrected chi connectivity index (χ0v) is 8.85. The van der Waals surface area contributed by atoms with Crippen molar-refractivity contribution in [1.29, 1.82) is 0 Å². The number of carbonyl (C=O) groups excluding carboxylic acids is 1. The summed E-state index contributed by atoms with van der Waals surface area (Å²) < 4.78 is 9.12. The van der Waals surface area contributed by atoms with E-state index in [4.69, 9.17) is 4.74 Å². The normalized spacial score (nSPS) is 11.3. The molecule has 0 bridgehead atoms. The predicted octanol–water partition coefficient (Wildman–Crippen LogP) is 1.92. The number of rotatable bonds is 4. The highest BCUT2D eigenvalue weighted by Crippen LogP contribution is 2.26. The van der Waals surface area contributed by atoms with Crippen LogP contribution in [0.25, 0.3) is 0 Å². The molecular formula is C9H13NO2S. The second-order valence-electron chi connectivity index (χ2n) is 3.63. The minimum absolute atomic E-state index is 0.337. The van der Waals surface area contributed by atoms with E-state index < -0.39 is 0 Å². The molecule has 0 spiro atoms. The average Bonchev–Trinajstić information content (AvgIpc) is 2.51. The Morgan fingerprint density at radius 2 is 2.38 bits per heavy atom. The zero-order valence-electron chi connectivity index (χ0n) is 8.03. The lowest BCUT2D eigenvalue weighted by molar-refractivity contribution is -0.114. The minimum atomic E-state index is -0.337. The van der Waals surface area contributed by atoms with Crippen LogP contribution < -0.4 is 4.74 Å². The van der Waals surface area contributed by atoms with Gasteiger partial charge < -0.3 is 9.53 Å². The van der Waals surface area contributed by atoms with E-state index >= 15 is 0 Å². The van der Waals surface area contributed by atoms with Crippen LogP contribution in [0.15, 0.2) is 5.38 Å². The van der Waals surface area contributed by atoms with Gasteiger partial charge in [-0.15, -0.1) is 0 Å². The van der Waals surface area contributed by atoms with Gasteiger partial charge in [0.1, 0.15) is 6.29 Å². The molecule has 1 rings (SSSR count). The van der Waals surface area contributed by atoms with Crippen LogP contribution in [0.5, 0.6) is 5.88 Å². The molecule has 13 heavy (non-hydrogen) atoms. The van der Waals surface area contributed by atoms with Crippen LogP contribution in [0, 0.1) is 5.41 Å². The Kier molecular flexibility index (Phi) is 3.03. The van der Waals surface area contributed by atoms with E-state index in [2.05, 4.69) is 4.37 Å². The van der Waals surface area contributed by atoms with E-state index in [1.807, 2.05) is 19.2 Å². The topological polar surface area (TPSA) is 39.2 Å². The fourth-order valence-electron chi connectivity index (χ4n) is 1.07. The number of carbonyl (C=O) groups is 1. The second kappa shape index (κ2) is 3.87. The van der Waals surface area contributed by atoms with Gasteiger partial charge in [0.05, 0.1) is 7.11 Å². The number of methoxy groups -OCH3 is 1. The molecule has 0 N–H and O–H groups in total. The van der Waals surface area contributed by atoms with E-state index in [1.165, 1.54) is 11.5 Å². The third-order valence-corrected chi connectivity index (χ3v) is 2.42. The number of hydrogen-bond acceptors (Lipinski definition) is 4. The van der Waals surface area contributed by atoms with Gasteiger partial charge in [-0.05, 0) is 18.0 Å². The molecule has 0 fully saturated rings. The van der Waals surface area contributed by atoms with Gasteiger partial charge in [0.25, 0.3) is 0 Å². The molecule has 0 atom stereocenters. The van der Waals surface area contributed by atoms with Crippen LogP contribution in [-0.2, 0) is 11.2 Å². The molecule has 1 aromatic rings. The Bertz CT molecular complexity index is 294. The fraction of sp³-hybridized carbons (Fsp3) is 0.556. The summed E-state index contributed by atoms with van der Waals surface area (Å²) in [6.07, 6.45) is 1.64. The van der Waals surface area contributed by atoms with Crippen molar-refractivity contribution >= 4 is 17.8 Å². The Balaban J connectivity index is 2.79. The summed E-state index contributed by atoms with van der Waals surface area (Å²) in [5.41, 5.74) is 0.667. The second-order valence-corrected chi connectivity index (χ2v) is 4.26. The van der Waals surface area contributed by atoms with Gasteiger partial charge in [-0.1, -0.05) is 13.8 Å². The first kappa shape index (κ1) is 10.2. The highest BCUT2D eigenvalue weighted by atomic mass is 32.1. The first-order chi connectivity index (χ1) is 6.09. The van der Waals surface area contributed by atoms with Gasteiger partial charge in [-0.2, -0.15) is 4.37 Å². The molecular weight excluding hydrogens is 186 g/mol. The fourth-order valence-corrected chi connectivity index (χ4v) is 1.72. The van der Waals surface area contributed by atoms with Crippen molar-refractivity contribution in [1.82, 2.24) is 4.37 Å². The van der Waals surface area contributed by atoms with Gasteiger partial charge in [0, 0.05) is 16.4 Å². The van der Waals surface area contributed by atoms with E-state index in [1.54, 1.807) is 7.11 Å². The van der Waals surface area contributed by atoms with Crippen LogP contribution in [0.4, 0.5) is 0 Å². The highest BCUT2D eigenvalue weighted by molar-refractivity contribution is 7.03. The quantitative estimate of drug-likeness (QED) is 0.695. The van der Waals surface area contributed by atoms with Crippen LogP contribution in [0.1, 0.15) is 19.4 Å². The number of ether oxygens (including phenoxy) is 1. The molecule has 0 amide bonds. The summed E-state index contributed by atoms with van der Waals surface area (Å²) >= 11 is 1.35. The lowest BCUT2D eigenvalue weighted by atomic mass is 9.89. The molecule has 3 nitrogen and oxygen atoms in total. The Labute approximate surface area is 81.9 Å². The number of nitrogens with zero attached hydrogens (tertiary/aromatic N) is 1. The molecule has 1 heterocycles. The van der Waals surface area contributed by atoms with Gasteiger partial charge in [-0.25, -0.2) is 0 Å². The molecule has 4 heteroatoms. The van der Waals surface area contributed by atoms with Crippen LogP contribution in [0.3, 0.4) is 0 Å². The highest BCUT2D eigenvalue weighted by Gasteiger charge is 2.20. The van der Waals surface area contributed by atoms with E-state index in [9.17, 15) is 4.79 Å². The monoisotopic (exact) mass is 199 g/mol. The first-order valence-corrected chi connectivity index (χ1v) is 4.86. The van der Waals surface area contributed by atoms with E-state index in [0.717, 1.165) is 11.8 Å².